The molecule has 7 nitrogen and oxygen atoms in total. The number of ether oxygens (including phenoxy) is 2. The zero-order valence-electron chi connectivity index (χ0n) is 17.2. The summed E-state index contributed by atoms with van der Waals surface area (Å²) in [5.41, 5.74) is 7.33. The quantitative estimate of drug-likeness (QED) is 0.609. The molecule has 3 fully saturated rings. The minimum atomic E-state index is -0.605. The van der Waals surface area contributed by atoms with Gasteiger partial charge in [0.05, 0.1) is 28.5 Å². The van der Waals surface area contributed by atoms with E-state index >= 15 is 0 Å². The van der Waals surface area contributed by atoms with Gasteiger partial charge in [-0.25, -0.2) is 0 Å². The highest BCUT2D eigenvalue weighted by Gasteiger charge is 2.56. The average Bonchev–Trinajstić information content (AvgIpc) is 3.20. The fraction of sp³-hybridized carbons (Fsp3) is 0.682. The van der Waals surface area contributed by atoms with Crippen LogP contribution in [-0.2, 0) is 11.2 Å². The van der Waals surface area contributed by atoms with Gasteiger partial charge < -0.3 is 25.6 Å². The topological polar surface area (TPSA) is 97.1 Å². The summed E-state index contributed by atoms with van der Waals surface area (Å²) in [6.07, 6.45) is 3.09. The summed E-state index contributed by atoms with van der Waals surface area (Å²) in [5.74, 6) is 2.17. The largest absolute Gasteiger partial charge is 0.492 e. The Labute approximate surface area is 181 Å². The zero-order valence-corrected chi connectivity index (χ0v) is 17.9. The Balaban J connectivity index is 1.15. The van der Waals surface area contributed by atoms with Gasteiger partial charge in [-0.15, -0.1) is 0 Å². The lowest BCUT2D eigenvalue weighted by Gasteiger charge is -2.36. The molecule has 1 aromatic rings. The van der Waals surface area contributed by atoms with Gasteiger partial charge in [0.15, 0.2) is 0 Å². The summed E-state index contributed by atoms with van der Waals surface area (Å²) in [4.78, 5) is 15.2. The first-order valence-electron chi connectivity index (χ1n) is 11.0. The second-order valence-corrected chi connectivity index (χ2v) is 9.72. The molecule has 1 aromatic carbocycles. The molecule has 164 valence electrons. The van der Waals surface area contributed by atoms with Crippen molar-refractivity contribution in [3.8, 4) is 5.75 Å². The van der Waals surface area contributed by atoms with E-state index in [1.54, 1.807) is 6.07 Å². The number of aliphatic hydroxyl groups is 1. The molecular formula is C22H30ClN3O4. The van der Waals surface area contributed by atoms with Crippen LogP contribution in [-0.4, -0.2) is 67.5 Å². The molecule has 4 aliphatic rings. The standard InChI is InChI=1S/C22H30ClN3O4/c23-18-8-14(20-13(19(18)24)2-1-5-30-20)21(27)25-9-15-16-10-26(11-17(15)16)12-22(28)3-6-29-7-4-22/h8,15-17,28H,1-7,9-12,24H2,(H,25,27). The van der Waals surface area contributed by atoms with E-state index in [1.165, 1.54) is 0 Å². The molecule has 8 heteroatoms. The Morgan fingerprint density at radius 3 is 2.77 bits per heavy atom. The highest BCUT2D eigenvalue weighted by atomic mass is 35.5. The number of β-amino-alcohol motifs (C(OH)–C–C–N with tert-alkyl or cyclic N) is 1. The van der Waals surface area contributed by atoms with E-state index in [0.717, 1.165) is 50.9 Å². The van der Waals surface area contributed by atoms with Crippen molar-refractivity contribution in [2.45, 2.75) is 31.3 Å². The number of hydrogen-bond acceptors (Lipinski definition) is 6. The number of amides is 1. The number of hydrogen-bond donors (Lipinski definition) is 3. The Bertz CT molecular complexity index is 830. The van der Waals surface area contributed by atoms with Gasteiger partial charge in [0.2, 0.25) is 0 Å². The van der Waals surface area contributed by atoms with Gasteiger partial charge in [-0.1, -0.05) is 11.6 Å². The van der Waals surface area contributed by atoms with Gasteiger partial charge >= 0.3 is 0 Å². The Morgan fingerprint density at radius 1 is 1.30 bits per heavy atom. The lowest BCUT2D eigenvalue weighted by atomic mass is 9.93. The van der Waals surface area contributed by atoms with Crippen LogP contribution in [0.1, 0.15) is 35.2 Å². The first kappa shape index (κ1) is 20.4. The van der Waals surface area contributed by atoms with Gasteiger partial charge in [0.25, 0.3) is 5.91 Å². The van der Waals surface area contributed by atoms with Crippen molar-refractivity contribution in [3.05, 3.63) is 22.2 Å². The van der Waals surface area contributed by atoms with Gasteiger partial charge in [-0.3, -0.25) is 9.69 Å². The van der Waals surface area contributed by atoms with Gasteiger partial charge in [-0.2, -0.15) is 0 Å². The molecule has 0 spiro atoms. The third-order valence-electron chi connectivity index (χ3n) is 7.32. The van der Waals surface area contributed by atoms with Crippen LogP contribution >= 0.6 is 11.6 Å². The van der Waals surface area contributed by atoms with Gasteiger partial charge in [0.1, 0.15) is 5.75 Å². The number of anilines is 1. The summed E-state index contributed by atoms with van der Waals surface area (Å²) in [6.45, 7) is 5.28. The van der Waals surface area contributed by atoms with Crippen molar-refractivity contribution in [2.24, 2.45) is 17.8 Å². The molecule has 30 heavy (non-hydrogen) atoms. The summed E-state index contributed by atoms with van der Waals surface area (Å²) in [7, 11) is 0. The molecule has 2 atom stereocenters. The van der Waals surface area contributed by atoms with Crippen LogP contribution in [0, 0.1) is 17.8 Å². The molecule has 0 aromatic heterocycles. The number of piperidine rings is 1. The van der Waals surface area contributed by atoms with Crippen LogP contribution < -0.4 is 15.8 Å². The molecular weight excluding hydrogens is 406 g/mol. The summed E-state index contributed by atoms with van der Waals surface area (Å²) >= 11 is 6.26. The fourth-order valence-electron chi connectivity index (χ4n) is 5.50. The molecule has 0 bridgehead atoms. The van der Waals surface area contributed by atoms with E-state index in [9.17, 15) is 9.90 Å². The molecule has 2 saturated heterocycles. The average molecular weight is 436 g/mol. The van der Waals surface area contributed by atoms with Crippen LogP contribution in [0.15, 0.2) is 6.07 Å². The highest BCUT2D eigenvalue weighted by molar-refractivity contribution is 6.33. The van der Waals surface area contributed by atoms with E-state index in [1.807, 2.05) is 0 Å². The third kappa shape index (κ3) is 3.77. The maximum atomic E-state index is 12.9. The molecule has 3 heterocycles. The SMILES string of the molecule is Nc1c(Cl)cc(C(=O)NCC2C3CN(CC4(O)CCOCC4)CC23)c2c1CCCO2. The second kappa shape index (κ2) is 7.86. The van der Waals surface area contributed by atoms with Crippen molar-refractivity contribution < 1.29 is 19.4 Å². The van der Waals surface area contributed by atoms with Crippen molar-refractivity contribution >= 4 is 23.2 Å². The number of carbonyl (C=O) groups is 1. The number of nitrogen functional groups attached to an aromatic ring is 1. The predicted molar refractivity (Wildman–Crippen MR) is 114 cm³/mol. The molecule has 5 rings (SSSR count). The van der Waals surface area contributed by atoms with Crippen molar-refractivity contribution in [1.29, 1.82) is 0 Å². The van der Waals surface area contributed by atoms with Crippen molar-refractivity contribution in [2.75, 3.05) is 51.7 Å². The molecule has 0 radical (unpaired) electrons. The number of nitrogens with two attached hydrogens (primary N) is 1. The third-order valence-corrected chi connectivity index (χ3v) is 7.63. The number of fused-ring (bicyclic) bond motifs is 2. The predicted octanol–water partition coefficient (Wildman–Crippen LogP) is 1.70. The van der Waals surface area contributed by atoms with Crippen LogP contribution in [0.3, 0.4) is 0 Å². The molecule has 3 aliphatic heterocycles. The maximum Gasteiger partial charge on any atom is 0.255 e. The molecule has 1 aliphatic carbocycles. The molecule has 2 unspecified atom stereocenters. The smallest absolute Gasteiger partial charge is 0.255 e. The highest BCUT2D eigenvalue weighted by Crippen LogP contribution is 2.51. The molecule has 1 amide bonds. The van der Waals surface area contributed by atoms with Crippen molar-refractivity contribution in [3.63, 3.8) is 0 Å². The monoisotopic (exact) mass is 435 g/mol. The number of nitrogens with zero attached hydrogens (tertiary/aromatic N) is 1. The summed E-state index contributed by atoms with van der Waals surface area (Å²) in [5, 5.41) is 14.2. The number of likely N-dealkylation sites (tertiary alicyclic amines) is 1. The number of benzene rings is 1. The number of nitrogens with one attached hydrogen (secondary N) is 1. The fourth-order valence-corrected chi connectivity index (χ4v) is 5.73. The lowest BCUT2D eigenvalue weighted by molar-refractivity contribution is -0.0787. The number of rotatable bonds is 5. The molecule has 4 N–H and O–H groups in total. The van der Waals surface area contributed by atoms with Gasteiger partial charge in [0, 0.05) is 57.8 Å². The first-order chi connectivity index (χ1) is 14.5. The molecule has 1 saturated carbocycles. The lowest BCUT2D eigenvalue weighted by Crippen LogP contribution is -2.47. The minimum Gasteiger partial charge on any atom is -0.492 e. The maximum absolute atomic E-state index is 12.9. The van der Waals surface area contributed by atoms with E-state index in [4.69, 9.17) is 26.8 Å². The van der Waals surface area contributed by atoms with E-state index in [0.29, 0.717) is 66.1 Å². The van der Waals surface area contributed by atoms with Crippen LogP contribution in [0.25, 0.3) is 0 Å². The van der Waals surface area contributed by atoms with E-state index < -0.39 is 5.60 Å². The van der Waals surface area contributed by atoms with E-state index in [-0.39, 0.29) is 5.91 Å². The number of carbonyl (C=O) groups excluding carboxylic acids is 1. The summed E-state index contributed by atoms with van der Waals surface area (Å²) < 4.78 is 11.1. The minimum absolute atomic E-state index is 0.145. The van der Waals surface area contributed by atoms with Gasteiger partial charge in [-0.05, 0) is 36.7 Å². The zero-order chi connectivity index (χ0) is 20.9. The van der Waals surface area contributed by atoms with Crippen molar-refractivity contribution in [1.82, 2.24) is 10.2 Å². The Hall–Kier alpha value is -1.54. The van der Waals surface area contributed by atoms with Crippen LogP contribution in [0.4, 0.5) is 5.69 Å². The van der Waals surface area contributed by atoms with Crippen LogP contribution in [0.2, 0.25) is 5.02 Å². The Morgan fingerprint density at radius 2 is 2.03 bits per heavy atom. The second-order valence-electron chi connectivity index (χ2n) is 9.31. The van der Waals surface area contributed by atoms with E-state index in [2.05, 4.69) is 10.2 Å². The first-order valence-corrected chi connectivity index (χ1v) is 11.4. The Kier molecular flexibility index (Phi) is 5.34. The summed E-state index contributed by atoms with van der Waals surface area (Å²) in [6, 6.07) is 1.63. The van der Waals surface area contributed by atoms with Crippen LogP contribution in [0.5, 0.6) is 5.75 Å². The normalized spacial score (nSPS) is 29.6. The number of halogens is 1.